The van der Waals surface area contributed by atoms with Crippen LogP contribution in [0.15, 0.2) is 18.2 Å². The molecule has 9 heteroatoms. The van der Waals surface area contributed by atoms with E-state index in [1.54, 1.807) is 0 Å². The van der Waals surface area contributed by atoms with Crippen LogP contribution in [0.2, 0.25) is 5.02 Å². The van der Waals surface area contributed by atoms with Gasteiger partial charge < -0.3 is 9.47 Å². The largest absolute Gasteiger partial charge is 0.469 e. The summed E-state index contributed by atoms with van der Waals surface area (Å²) in [6.45, 7) is 0.456. The molecule has 1 aliphatic heterocycles. The molecule has 0 aromatic heterocycles. The fraction of sp³-hybridized carbons (Fsp3) is 0.500. The highest BCUT2D eigenvalue weighted by atomic mass is 35.5. The summed E-state index contributed by atoms with van der Waals surface area (Å²) in [6.07, 6.45) is 0.111. The summed E-state index contributed by atoms with van der Waals surface area (Å²) in [5.41, 5.74) is 0.291. The zero-order valence-electron chi connectivity index (χ0n) is 12.4. The summed E-state index contributed by atoms with van der Waals surface area (Å²) < 4.78 is 50.5. The third kappa shape index (κ3) is 4.63. The number of methoxy groups -OCH3 is 1. The Morgan fingerprint density at radius 1 is 1.57 bits per heavy atom. The molecule has 128 valence electrons. The third-order valence-electron chi connectivity index (χ3n) is 3.58. The maximum atomic E-state index is 13.6. The Morgan fingerprint density at radius 3 is 2.87 bits per heavy atom. The molecule has 0 amide bonds. The van der Waals surface area contributed by atoms with Gasteiger partial charge in [0.05, 0.1) is 31.2 Å². The first-order valence-electron chi connectivity index (χ1n) is 6.94. The highest BCUT2D eigenvalue weighted by molar-refractivity contribution is 7.90. The normalized spacial score (nSPS) is 19.5. The van der Waals surface area contributed by atoms with Gasteiger partial charge in [-0.25, -0.2) is 17.5 Å². The number of hydrogen-bond acceptors (Lipinski definition) is 5. The van der Waals surface area contributed by atoms with Gasteiger partial charge in [0, 0.05) is 6.61 Å². The maximum Gasteiger partial charge on any atom is 0.307 e. The van der Waals surface area contributed by atoms with Crippen molar-refractivity contribution in [3.8, 4) is 0 Å². The molecule has 2 atom stereocenters. The molecule has 2 rings (SSSR count). The molecule has 1 fully saturated rings. The van der Waals surface area contributed by atoms with Crippen molar-refractivity contribution in [2.45, 2.75) is 24.1 Å². The second kappa shape index (κ2) is 7.57. The molecule has 1 aliphatic rings. The van der Waals surface area contributed by atoms with Crippen molar-refractivity contribution in [1.29, 1.82) is 0 Å². The molecule has 23 heavy (non-hydrogen) atoms. The van der Waals surface area contributed by atoms with Crippen LogP contribution in [0.5, 0.6) is 0 Å². The first-order chi connectivity index (χ1) is 10.8. The molecule has 1 saturated heterocycles. The van der Waals surface area contributed by atoms with Gasteiger partial charge in [0.2, 0.25) is 10.0 Å². The van der Waals surface area contributed by atoms with Crippen molar-refractivity contribution in [2.24, 2.45) is 0 Å². The van der Waals surface area contributed by atoms with E-state index in [1.165, 1.54) is 19.2 Å². The predicted octanol–water partition coefficient (Wildman–Crippen LogP) is 1.79. The maximum absolute atomic E-state index is 13.6. The molecule has 0 bridgehead atoms. The molecule has 1 aromatic rings. The molecular formula is C14H17ClFNO5S. The summed E-state index contributed by atoms with van der Waals surface area (Å²) >= 11 is 5.63. The Balaban J connectivity index is 2.26. The molecule has 1 N–H and O–H groups in total. The van der Waals surface area contributed by atoms with E-state index in [-0.39, 0.29) is 18.1 Å². The van der Waals surface area contributed by atoms with Gasteiger partial charge in [-0.1, -0.05) is 17.7 Å². The zero-order chi connectivity index (χ0) is 17.0. The van der Waals surface area contributed by atoms with E-state index in [1.807, 2.05) is 0 Å². The summed E-state index contributed by atoms with van der Waals surface area (Å²) in [5, 5.41) is -0.780. The molecule has 1 heterocycles. The van der Waals surface area contributed by atoms with Crippen LogP contribution in [-0.4, -0.2) is 40.0 Å². The van der Waals surface area contributed by atoms with Crippen molar-refractivity contribution in [1.82, 2.24) is 4.72 Å². The number of halogens is 2. The average molecular weight is 366 g/mol. The third-order valence-corrected chi connectivity index (χ3v) is 5.75. The van der Waals surface area contributed by atoms with Crippen molar-refractivity contribution in [2.75, 3.05) is 20.3 Å². The quantitative estimate of drug-likeness (QED) is 0.777. The molecule has 0 saturated carbocycles. The Kier molecular flexibility index (Phi) is 5.96. The highest BCUT2D eigenvalue weighted by Crippen LogP contribution is 2.25. The second-order valence-corrected chi connectivity index (χ2v) is 7.55. The number of hydrogen-bond donors (Lipinski definition) is 1. The van der Waals surface area contributed by atoms with E-state index < -0.39 is 33.1 Å². The fourth-order valence-corrected chi connectivity index (χ4v) is 3.87. The van der Waals surface area contributed by atoms with E-state index in [9.17, 15) is 17.6 Å². The van der Waals surface area contributed by atoms with Gasteiger partial charge in [-0.15, -0.1) is 0 Å². The van der Waals surface area contributed by atoms with Gasteiger partial charge in [0.25, 0.3) is 0 Å². The molecule has 0 radical (unpaired) electrons. The topological polar surface area (TPSA) is 81.7 Å². The molecule has 2 unspecified atom stereocenters. The molecule has 6 nitrogen and oxygen atoms in total. The van der Waals surface area contributed by atoms with E-state index in [2.05, 4.69) is 9.46 Å². The van der Waals surface area contributed by atoms with Gasteiger partial charge in [0.1, 0.15) is 11.1 Å². The zero-order valence-corrected chi connectivity index (χ0v) is 14.0. The van der Waals surface area contributed by atoms with Crippen molar-refractivity contribution in [3.05, 3.63) is 34.6 Å². The Morgan fingerprint density at radius 2 is 2.30 bits per heavy atom. The van der Waals surface area contributed by atoms with Gasteiger partial charge in [-0.3, -0.25) is 4.79 Å². The highest BCUT2D eigenvalue weighted by Gasteiger charge is 2.32. The van der Waals surface area contributed by atoms with Crippen LogP contribution in [-0.2, 0) is 24.3 Å². The molecule has 0 aliphatic carbocycles. The number of benzene rings is 1. The first-order valence-corrected chi connectivity index (χ1v) is 8.86. The lowest BCUT2D eigenvalue weighted by Gasteiger charge is -2.20. The van der Waals surface area contributed by atoms with Crippen molar-refractivity contribution >= 4 is 27.6 Å². The van der Waals surface area contributed by atoms with Crippen LogP contribution in [0.1, 0.15) is 24.4 Å². The average Bonchev–Trinajstić information content (AvgIpc) is 3.04. The van der Waals surface area contributed by atoms with E-state index in [4.69, 9.17) is 16.3 Å². The SMILES string of the molecule is COC(=O)CC(NS(=O)(=O)C1CCOC1)c1ccc(Cl)c(F)c1. The van der Waals surface area contributed by atoms with Crippen LogP contribution in [0.3, 0.4) is 0 Å². The first kappa shape index (κ1) is 18.1. The van der Waals surface area contributed by atoms with Crippen LogP contribution in [0.4, 0.5) is 4.39 Å². The lowest BCUT2D eigenvalue weighted by atomic mass is 10.0. The Labute approximate surface area is 139 Å². The van der Waals surface area contributed by atoms with Crippen LogP contribution < -0.4 is 4.72 Å². The van der Waals surface area contributed by atoms with Crippen molar-refractivity contribution in [3.63, 3.8) is 0 Å². The van der Waals surface area contributed by atoms with Crippen LogP contribution in [0, 0.1) is 5.82 Å². The molecular weight excluding hydrogens is 349 g/mol. The number of sulfonamides is 1. The Bertz CT molecular complexity index is 676. The Hall–Kier alpha value is -1.22. The van der Waals surface area contributed by atoms with Crippen LogP contribution >= 0.6 is 11.6 Å². The lowest BCUT2D eigenvalue weighted by molar-refractivity contribution is -0.141. The van der Waals surface area contributed by atoms with E-state index in [0.717, 1.165) is 6.07 Å². The van der Waals surface area contributed by atoms with Crippen LogP contribution in [0.25, 0.3) is 0 Å². The summed E-state index contributed by atoms with van der Waals surface area (Å²) in [5.74, 6) is -1.31. The number of carbonyl (C=O) groups is 1. The van der Waals surface area contributed by atoms with Gasteiger partial charge in [-0.05, 0) is 24.1 Å². The van der Waals surface area contributed by atoms with Crippen molar-refractivity contribution < 1.29 is 27.1 Å². The van der Waals surface area contributed by atoms with E-state index >= 15 is 0 Å². The number of carbonyl (C=O) groups excluding carboxylic acids is 1. The number of rotatable bonds is 6. The standard InChI is InChI=1S/C14H17ClFNO5S/c1-21-14(18)7-13(9-2-3-11(15)12(16)6-9)17-23(19,20)10-4-5-22-8-10/h2-3,6,10,13,17H,4-5,7-8H2,1H3. The van der Waals surface area contributed by atoms with Gasteiger partial charge >= 0.3 is 5.97 Å². The van der Waals surface area contributed by atoms with Gasteiger partial charge in [0.15, 0.2) is 0 Å². The van der Waals surface area contributed by atoms with Gasteiger partial charge in [-0.2, -0.15) is 0 Å². The monoisotopic (exact) mass is 365 g/mol. The predicted molar refractivity (Wildman–Crippen MR) is 82.1 cm³/mol. The minimum atomic E-state index is -3.72. The number of esters is 1. The minimum absolute atomic E-state index is 0.0855. The number of nitrogens with one attached hydrogen (secondary N) is 1. The fourth-order valence-electron chi connectivity index (χ4n) is 2.26. The summed E-state index contributed by atoms with van der Waals surface area (Å²) in [6, 6.07) is 2.93. The van der Waals surface area contributed by atoms with E-state index in [0.29, 0.717) is 18.6 Å². The summed E-state index contributed by atoms with van der Waals surface area (Å²) in [7, 11) is -2.53. The minimum Gasteiger partial charge on any atom is -0.469 e. The summed E-state index contributed by atoms with van der Waals surface area (Å²) in [4.78, 5) is 11.6. The smallest absolute Gasteiger partial charge is 0.307 e. The number of ether oxygens (including phenoxy) is 2. The molecule has 1 aromatic carbocycles. The molecule has 0 spiro atoms. The lowest BCUT2D eigenvalue weighted by Crippen LogP contribution is -2.38. The second-order valence-electron chi connectivity index (χ2n) is 5.15.